The average molecular weight is 254 g/mol. The van der Waals surface area contributed by atoms with E-state index in [1.165, 1.54) is 6.33 Å². The van der Waals surface area contributed by atoms with Gasteiger partial charge in [0.1, 0.15) is 12.4 Å². The molecule has 0 saturated heterocycles. The topological polar surface area (TPSA) is 66.9 Å². The van der Waals surface area contributed by atoms with E-state index in [1.807, 2.05) is 20.8 Å². The lowest BCUT2D eigenvalue weighted by Gasteiger charge is -2.21. The first kappa shape index (κ1) is 14.3. The van der Waals surface area contributed by atoms with Crippen LogP contribution in [0.1, 0.15) is 26.5 Å². The molecular weight excluding hydrogens is 235 g/mol. The van der Waals surface area contributed by atoms with E-state index in [0.29, 0.717) is 12.1 Å². The number of likely N-dealkylation sites (N-methyl/N-ethyl adjacent to an activating group) is 1. The molecular formula is C12H19FN4O. The summed E-state index contributed by atoms with van der Waals surface area (Å²) in [6.07, 6.45) is 1.78. The van der Waals surface area contributed by atoms with Gasteiger partial charge in [0.15, 0.2) is 11.6 Å². The van der Waals surface area contributed by atoms with Gasteiger partial charge >= 0.3 is 0 Å². The minimum atomic E-state index is -0.524. The zero-order valence-electron chi connectivity index (χ0n) is 11.1. The van der Waals surface area contributed by atoms with Crippen molar-refractivity contribution in [3.05, 3.63) is 17.8 Å². The van der Waals surface area contributed by atoms with Crippen LogP contribution in [0.25, 0.3) is 0 Å². The fourth-order valence-electron chi connectivity index (χ4n) is 1.59. The highest BCUT2D eigenvalue weighted by Crippen LogP contribution is 2.16. The minimum Gasteiger partial charge on any atom is -0.357 e. The molecule has 0 radical (unpaired) electrons. The number of nitrogens with one attached hydrogen (secondary N) is 2. The molecule has 1 atom stereocenters. The van der Waals surface area contributed by atoms with Gasteiger partial charge < -0.3 is 10.6 Å². The number of carbonyl (C=O) groups is 1. The smallest absolute Gasteiger partial charge is 0.242 e. The molecule has 1 heterocycles. The highest BCUT2D eigenvalue weighted by atomic mass is 19.1. The third kappa shape index (κ3) is 3.15. The van der Waals surface area contributed by atoms with Gasteiger partial charge in [0.2, 0.25) is 5.91 Å². The highest BCUT2D eigenvalue weighted by Gasteiger charge is 2.23. The SMILES string of the molecule is CCc1ncnc(NC(C(=O)NC)C(C)C)c1F. The van der Waals surface area contributed by atoms with Gasteiger partial charge in [0.25, 0.3) is 0 Å². The van der Waals surface area contributed by atoms with E-state index in [4.69, 9.17) is 0 Å². The van der Waals surface area contributed by atoms with E-state index in [-0.39, 0.29) is 17.6 Å². The van der Waals surface area contributed by atoms with Crippen molar-refractivity contribution in [2.75, 3.05) is 12.4 Å². The van der Waals surface area contributed by atoms with Crippen LogP contribution in [0.2, 0.25) is 0 Å². The van der Waals surface area contributed by atoms with E-state index in [9.17, 15) is 9.18 Å². The first-order valence-electron chi connectivity index (χ1n) is 5.98. The van der Waals surface area contributed by atoms with Crippen LogP contribution in [0.5, 0.6) is 0 Å². The van der Waals surface area contributed by atoms with Crippen LogP contribution in [-0.2, 0) is 11.2 Å². The van der Waals surface area contributed by atoms with Gasteiger partial charge in [-0.3, -0.25) is 4.79 Å². The number of carbonyl (C=O) groups excluding carboxylic acids is 1. The quantitative estimate of drug-likeness (QED) is 0.832. The van der Waals surface area contributed by atoms with E-state index in [1.54, 1.807) is 7.05 Å². The van der Waals surface area contributed by atoms with Crippen molar-refractivity contribution in [3.63, 3.8) is 0 Å². The first-order chi connectivity index (χ1) is 8.51. The molecule has 0 spiro atoms. The Kier molecular flexibility index (Phi) is 5.00. The Hall–Kier alpha value is -1.72. The lowest BCUT2D eigenvalue weighted by atomic mass is 10.0. The maximum Gasteiger partial charge on any atom is 0.242 e. The number of halogens is 1. The van der Waals surface area contributed by atoms with Crippen molar-refractivity contribution < 1.29 is 9.18 Å². The number of amides is 1. The summed E-state index contributed by atoms with van der Waals surface area (Å²) in [5, 5.41) is 5.38. The second-order valence-corrected chi connectivity index (χ2v) is 4.32. The van der Waals surface area contributed by atoms with Gasteiger partial charge in [0.05, 0.1) is 5.69 Å². The molecule has 0 aliphatic rings. The number of aromatic nitrogens is 2. The van der Waals surface area contributed by atoms with E-state index in [0.717, 1.165) is 0 Å². The molecule has 1 aromatic rings. The summed E-state index contributed by atoms with van der Waals surface area (Å²) in [5.41, 5.74) is 0.340. The summed E-state index contributed by atoms with van der Waals surface area (Å²) in [6.45, 7) is 5.58. The Labute approximate surface area is 106 Å². The summed E-state index contributed by atoms with van der Waals surface area (Å²) < 4.78 is 13.9. The monoisotopic (exact) mass is 254 g/mol. The molecule has 0 aliphatic heterocycles. The number of nitrogens with zero attached hydrogens (tertiary/aromatic N) is 2. The molecule has 0 saturated carbocycles. The molecule has 0 aliphatic carbocycles. The van der Waals surface area contributed by atoms with Crippen LogP contribution in [-0.4, -0.2) is 29.0 Å². The maximum absolute atomic E-state index is 13.9. The van der Waals surface area contributed by atoms with Crippen LogP contribution in [0.3, 0.4) is 0 Å². The van der Waals surface area contributed by atoms with Crippen molar-refractivity contribution in [3.8, 4) is 0 Å². The molecule has 2 N–H and O–H groups in total. The molecule has 5 nitrogen and oxygen atoms in total. The average Bonchev–Trinajstić information content (AvgIpc) is 2.36. The molecule has 1 aromatic heterocycles. The molecule has 0 aromatic carbocycles. The van der Waals surface area contributed by atoms with Gasteiger partial charge in [0, 0.05) is 7.05 Å². The molecule has 100 valence electrons. The Morgan fingerprint density at radius 3 is 2.61 bits per heavy atom. The molecule has 0 fully saturated rings. The van der Waals surface area contributed by atoms with Gasteiger partial charge in [-0.1, -0.05) is 20.8 Å². The minimum absolute atomic E-state index is 0.0180. The van der Waals surface area contributed by atoms with Crippen LogP contribution in [0.15, 0.2) is 6.33 Å². The molecule has 6 heteroatoms. The van der Waals surface area contributed by atoms with Crippen molar-refractivity contribution in [2.24, 2.45) is 5.92 Å². The number of hydrogen-bond donors (Lipinski definition) is 2. The van der Waals surface area contributed by atoms with Crippen LogP contribution >= 0.6 is 0 Å². The van der Waals surface area contributed by atoms with Crippen LogP contribution in [0.4, 0.5) is 10.2 Å². The predicted molar refractivity (Wildman–Crippen MR) is 67.7 cm³/mol. The summed E-state index contributed by atoms with van der Waals surface area (Å²) in [5.74, 6) is -0.593. The number of rotatable bonds is 5. The standard InChI is InChI=1S/C12H19FN4O/c1-5-8-9(13)11(16-6-15-8)17-10(7(2)3)12(18)14-4/h6-7,10H,5H2,1-4H3,(H,14,18)(H,15,16,17). The van der Waals surface area contributed by atoms with E-state index >= 15 is 0 Å². The van der Waals surface area contributed by atoms with E-state index < -0.39 is 11.9 Å². The number of hydrogen-bond acceptors (Lipinski definition) is 4. The van der Waals surface area contributed by atoms with Crippen LogP contribution < -0.4 is 10.6 Å². The number of aryl methyl sites for hydroxylation is 1. The Bertz CT molecular complexity index is 423. The Balaban J connectivity index is 2.97. The second-order valence-electron chi connectivity index (χ2n) is 4.32. The largest absolute Gasteiger partial charge is 0.357 e. The normalized spacial score (nSPS) is 12.3. The van der Waals surface area contributed by atoms with Gasteiger partial charge in [-0.25, -0.2) is 14.4 Å². The summed E-state index contributed by atoms with van der Waals surface area (Å²) in [7, 11) is 1.55. The summed E-state index contributed by atoms with van der Waals surface area (Å²) in [4.78, 5) is 19.4. The van der Waals surface area contributed by atoms with Gasteiger partial charge in [-0.2, -0.15) is 0 Å². The Morgan fingerprint density at radius 1 is 1.44 bits per heavy atom. The van der Waals surface area contributed by atoms with Crippen molar-refractivity contribution >= 4 is 11.7 Å². The molecule has 0 bridgehead atoms. The number of anilines is 1. The molecule has 18 heavy (non-hydrogen) atoms. The van der Waals surface area contributed by atoms with E-state index in [2.05, 4.69) is 20.6 Å². The fraction of sp³-hybridized carbons (Fsp3) is 0.583. The maximum atomic E-state index is 13.9. The third-order valence-corrected chi connectivity index (χ3v) is 2.68. The molecule has 1 rings (SSSR count). The summed E-state index contributed by atoms with van der Waals surface area (Å²) in [6, 6.07) is -0.524. The third-order valence-electron chi connectivity index (χ3n) is 2.68. The predicted octanol–water partition coefficient (Wildman–Crippen LogP) is 1.36. The second kappa shape index (κ2) is 6.28. The lowest BCUT2D eigenvalue weighted by Crippen LogP contribution is -2.41. The highest BCUT2D eigenvalue weighted by molar-refractivity contribution is 5.84. The summed E-state index contributed by atoms with van der Waals surface area (Å²) >= 11 is 0. The van der Waals surface area contributed by atoms with Crippen molar-refractivity contribution in [1.82, 2.24) is 15.3 Å². The zero-order chi connectivity index (χ0) is 13.7. The van der Waals surface area contributed by atoms with Crippen molar-refractivity contribution in [2.45, 2.75) is 33.2 Å². The first-order valence-corrected chi connectivity index (χ1v) is 5.98. The lowest BCUT2D eigenvalue weighted by molar-refractivity contribution is -0.122. The Morgan fingerprint density at radius 2 is 2.11 bits per heavy atom. The van der Waals surface area contributed by atoms with Crippen molar-refractivity contribution in [1.29, 1.82) is 0 Å². The molecule has 1 amide bonds. The molecule has 1 unspecified atom stereocenters. The van der Waals surface area contributed by atoms with Crippen LogP contribution in [0, 0.1) is 11.7 Å². The zero-order valence-corrected chi connectivity index (χ0v) is 11.1. The van der Waals surface area contributed by atoms with Gasteiger partial charge in [-0.15, -0.1) is 0 Å². The fourth-order valence-corrected chi connectivity index (χ4v) is 1.59. The van der Waals surface area contributed by atoms with Gasteiger partial charge in [-0.05, 0) is 12.3 Å².